The number of methoxy groups -OCH3 is 1. The van der Waals surface area contributed by atoms with Crippen molar-refractivity contribution in [2.45, 2.75) is 51.3 Å². The molecule has 0 amide bonds. The van der Waals surface area contributed by atoms with Crippen LogP contribution in [0.25, 0.3) is 0 Å². The van der Waals surface area contributed by atoms with Crippen molar-refractivity contribution >= 4 is 11.6 Å². The Hall–Kier alpha value is -1.01. The van der Waals surface area contributed by atoms with Crippen molar-refractivity contribution in [1.82, 2.24) is 4.90 Å². The second-order valence-corrected chi connectivity index (χ2v) is 7.16. The van der Waals surface area contributed by atoms with E-state index in [9.17, 15) is 5.11 Å². The summed E-state index contributed by atoms with van der Waals surface area (Å²) in [4.78, 5) is 2.37. The van der Waals surface area contributed by atoms with Crippen LogP contribution in [-0.4, -0.2) is 61.7 Å². The molecule has 1 fully saturated rings. The minimum atomic E-state index is -0.561. The summed E-state index contributed by atoms with van der Waals surface area (Å²) in [7, 11) is 1.63. The van der Waals surface area contributed by atoms with E-state index in [4.69, 9.17) is 25.8 Å². The third-order valence-corrected chi connectivity index (χ3v) is 4.91. The zero-order valence-corrected chi connectivity index (χ0v) is 16.2. The highest BCUT2D eigenvalue weighted by atomic mass is 35.5. The average molecular weight is 372 g/mol. The normalized spacial score (nSPS) is 22.6. The summed E-state index contributed by atoms with van der Waals surface area (Å²) < 4.78 is 16.4. The highest BCUT2D eigenvalue weighted by molar-refractivity contribution is 6.30. The number of rotatable bonds is 9. The molecule has 1 saturated heterocycles. The van der Waals surface area contributed by atoms with Gasteiger partial charge in [0.05, 0.1) is 6.61 Å². The van der Waals surface area contributed by atoms with Crippen LogP contribution < -0.4 is 9.47 Å². The molecule has 0 radical (unpaired) electrons. The minimum Gasteiger partial charge on any atom is -0.487 e. The first-order valence-electron chi connectivity index (χ1n) is 8.99. The Morgan fingerprint density at radius 2 is 1.88 bits per heavy atom. The number of ether oxygens (including phenoxy) is 3. The summed E-state index contributed by atoms with van der Waals surface area (Å²) in [5, 5.41) is 11.0. The van der Waals surface area contributed by atoms with Crippen molar-refractivity contribution in [2.24, 2.45) is 0 Å². The van der Waals surface area contributed by atoms with Gasteiger partial charge in [-0.25, -0.2) is 0 Å². The molecule has 5 nitrogen and oxygen atoms in total. The monoisotopic (exact) mass is 371 g/mol. The number of aliphatic hydroxyl groups excluding tert-OH is 1. The lowest BCUT2D eigenvalue weighted by Crippen LogP contribution is -2.48. The van der Waals surface area contributed by atoms with E-state index in [1.54, 1.807) is 25.3 Å². The standard InChI is InChI=1S/C19H30ClNO4/c1-14-5-4-6-15(2)21(14)12-17(22)13-25-19-11-16(20)7-8-18(19)24-10-9-23-3/h7-8,11,14-15,17,22H,4-6,9-10,12-13H2,1-3H3. The summed E-state index contributed by atoms with van der Waals surface area (Å²) in [6, 6.07) is 6.23. The molecule has 1 aliphatic heterocycles. The van der Waals surface area contributed by atoms with Crippen LogP contribution in [0.2, 0.25) is 5.02 Å². The lowest BCUT2D eigenvalue weighted by atomic mass is 9.97. The first-order chi connectivity index (χ1) is 12.0. The Balaban J connectivity index is 1.89. The van der Waals surface area contributed by atoms with Gasteiger partial charge >= 0.3 is 0 Å². The van der Waals surface area contributed by atoms with Crippen molar-refractivity contribution in [2.75, 3.05) is 33.5 Å². The van der Waals surface area contributed by atoms with Gasteiger partial charge in [0.15, 0.2) is 11.5 Å². The van der Waals surface area contributed by atoms with Gasteiger partial charge in [-0.2, -0.15) is 0 Å². The molecular formula is C19H30ClNO4. The van der Waals surface area contributed by atoms with Gasteiger partial charge in [0.2, 0.25) is 0 Å². The van der Waals surface area contributed by atoms with E-state index < -0.39 is 6.10 Å². The Labute approximate surface area is 155 Å². The molecule has 1 aromatic rings. The van der Waals surface area contributed by atoms with E-state index in [0.717, 1.165) is 0 Å². The van der Waals surface area contributed by atoms with Crippen LogP contribution in [0.1, 0.15) is 33.1 Å². The lowest BCUT2D eigenvalue weighted by molar-refractivity contribution is 0.0202. The Kier molecular flexibility index (Phi) is 8.30. The molecule has 1 N–H and O–H groups in total. The van der Waals surface area contributed by atoms with Gasteiger partial charge in [-0.05, 0) is 38.8 Å². The van der Waals surface area contributed by atoms with Gasteiger partial charge in [-0.3, -0.25) is 4.90 Å². The third-order valence-electron chi connectivity index (χ3n) is 4.68. The largest absolute Gasteiger partial charge is 0.487 e. The quantitative estimate of drug-likeness (QED) is 0.674. The molecule has 142 valence electrons. The Morgan fingerprint density at radius 3 is 2.56 bits per heavy atom. The molecule has 1 aliphatic rings. The molecule has 1 heterocycles. The zero-order chi connectivity index (χ0) is 18.2. The highest BCUT2D eigenvalue weighted by Crippen LogP contribution is 2.30. The molecule has 2 rings (SSSR count). The van der Waals surface area contributed by atoms with Crippen LogP contribution in [0.15, 0.2) is 18.2 Å². The zero-order valence-electron chi connectivity index (χ0n) is 15.4. The first kappa shape index (κ1) is 20.3. The van der Waals surface area contributed by atoms with Gasteiger partial charge in [0.1, 0.15) is 19.3 Å². The molecule has 1 aromatic carbocycles. The molecule has 0 aliphatic carbocycles. The molecule has 6 heteroatoms. The number of aliphatic hydroxyl groups is 1. The fraction of sp³-hybridized carbons (Fsp3) is 0.684. The van der Waals surface area contributed by atoms with E-state index in [1.807, 2.05) is 0 Å². The molecule has 0 spiro atoms. The first-order valence-corrected chi connectivity index (χ1v) is 9.37. The van der Waals surface area contributed by atoms with Gasteiger partial charge < -0.3 is 19.3 Å². The van der Waals surface area contributed by atoms with Crippen molar-refractivity contribution in [3.63, 3.8) is 0 Å². The SMILES string of the molecule is COCCOc1ccc(Cl)cc1OCC(O)CN1C(C)CCCC1C. The van der Waals surface area contributed by atoms with Gasteiger partial charge in [0, 0.05) is 36.8 Å². The summed E-state index contributed by atoms with van der Waals surface area (Å²) >= 11 is 6.06. The van der Waals surface area contributed by atoms with Crippen LogP contribution in [0.5, 0.6) is 11.5 Å². The summed E-state index contributed by atoms with van der Waals surface area (Å²) in [6.07, 6.45) is 3.07. The van der Waals surface area contributed by atoms with Crippen LogP contribution in [0.3, 0.4) is 0 Å². The molecule has 0 aromatic heterocycles. The molecule has 25 heavy (non-hydrogen) atoms. The van der Waals surface area contributed by atoms with Crippen LogP contribution >= 0.6 is 11.6 Å². The summed E-state index contributed by atoms with van der Waals surface area (Å²) in [5.74, 6) is 1.15. The Bertz CT molecular complexity index is 518. The summed E-state index contributed by atoms with van der Waals surface area (Å²) in [6.45, 7) is 6.19. The van der Waals surface area contributed by atoms with E-state index >= 15 is 0 Å². The topological polar surface area (TPSA) is 51.2 Å². The maximum absolute atomic E-state index is 10.4. The predicted octanol–water partition coefficient (Wildman–Crippen LogP) is 3.37. The number of piperidine rings is 1. The fourth-order valence-corrected chi connectivity index (χ4v) is 3.43. The van der Waals surface area contributed by atoms with Crippen molar-refractivity contribution in [3.05, 3.63) is 23.2 Å². The number of benzene rings is 1. The molecule has 0 bridgehead atoms. The van der Waals surface area contributed by atoms with E-state index in [0.29, 0.717) is 48.4 Å². The number of nitrogens with zero attached hydrogens (tertiary/aromatic N) is 1. The summed E-state index contributed by atoms with van der Waals surface area (Å²) in [5.41, 5.74) is 0. The van der Waals surface area contributed by atoms with Crippen LogP contribution in [-0.2, 0) is 4.74 Å². The van der Waals surface area contributed by atoms with E-state index in [-0.39, 0.29) is 6.61 Å². The smallest absolute Gasteiger partial charge is 0.162 e. The molecule has 3 atom stereocenters. The fourth-order valence-electron chi connectivity index (χ4n) is 3.27. The van der Waals surface area contributed by atoms with Crippen molar-refractivity contribution in [3.8, 4) is 11.5 Å². The minimum absolute atomic E-state index is 0.205. The third kappa shape index (κ3) is 6.33. The number of β-amino-alcohol motifs (C(OH)–C–C–N with tert-alkyl or cyclic N) is 1. The highest BCUT2D eigenvalue weighted by Gasteiger charge is 2.26. The Morgan fingerprint density at radius 1 is 1.16 bits per heavy atom. The van der Waals surface area contributed by atoms with E-state index in [1.165, 1.54) is 19.3 Å². The lowest BCUT2D eigenvalue weighted by Gasteiger charge is -2.40. The maximum atomic E-state index is 10.4. The second-order valence-electron chi connectivity index (χ2n) is 6.72. The maximum Gasteiger partial charge on any atom is 0.162 e. The van der Waals surface area contributed by atoms with E-state index in [2.05, 4.69) is 18.7 Å². The predicted molar refractivity (Wildman–Crippen MR) is 99.8 cm³/mol. The number of hydrogen-bond donors (Lipinski definition) is 1. The van der Waals surface area contributed by atoms with Gasteiger partial charge in [-0.1, -0.05) is 18.0 Å². The number of hydrogen-bond acceptors (Lipinski definition) is 5. The number of halogens is 1. The van der Waals surface area contributed by atoms with Gasteiger partial charge in [0.25, 0.3) is 0 Å². The van der Waals surface area contributed by atoms with Crippen molar-refractivity contribution < 1.29 is 19.3 Å². The average Bonchev–Trinajstić information content (AvgIpc) is 2.58. The van der Waals surface area contributed by atoms with Crippen LogP contribution in [0.4, 0.5) is 0 Å². The second kappa shape index (κ2) is 10.2. The molecular weight excluding hydrogens is 342 g/mol. The molecule has 0 saturated carbocycles. The van der Waals surface area contributed by atoms with Crippen LogP contribution in [0, 0.1) is 0 Å². The van der Waals surface area contributed by atoms with Crippen molar-refractivity contribution in [1.29, 1.82) is 0 Å². The number of likely N-dealkylation sites (tertiary alicyclic amines) is 1. The van der Waals surface area contributed by atoms with Gasteiger partial charge in [-0.15, -0.1) is 0 Å². The molecule has 3 unspecified atom stereocenters.